The van der Waals surface area contributed by atoms with E-state index in [1.54, 1.807) is 19.2 Å². The summed E-state index contributed by atoms with van der Waals surface area (Å²) >= 11 is 4.50. The summed E-state index contributed by atoms with van der Waals surface area (Å²) in [4.78, 5) is 9.26. The number of nitrogens with two attached hydrogens (primary N) is 1. The Labute approximate surface area is 199 Å². The molecule has 3 heterocycles. The van der Waals surface area contributed by atoms with Gasteiger partial charge in [0.1, 0.15) is 15.6 Å². The van der Waals surface area contributed by atoms with Gasteiger partial charge in [0.2, 0.25) is 10.0 Å². The number of hydrogen-bond acceptors (Lipinski definition) is 7. The summed E-state index contributed by atoms with van der Waals surface area (Å²) in [5.74, 6) is 1.29. The van der Waals surface area contributed by atoms with Crippen LogP contribution in [0.25, 0.3) is 21.9 Å². The van der Waals surface area contributed by atoms with Crippen molar-refractivity contribution in [3.63, 3.8) is 0 Å². The number of para-hydroxylation sites is 1. The third-order valence-electron chi connectivity index (χ3n) is 5.13. The van der Waals surface area contributed by atoms with Gasteiger partial charge in [0.05, 0.1) is 21.4 Å². The van der Waals surface area contributed by atoms with Gasteiger partial charge in [-0.25, -0.2) is 23.1 Å². The Morgan fingerprint density at radius 2 is 2.00 bits per heavy atom. The van der Waals surface area contributed by atoms with Gasteiger partial charge >= 0.3 is 0 Å². The number of aromatic nitrogens is 3. The first-order chi connectivity index (χ1) is 15.4. The maximum Gasteiger partial charge on any atom is 0.250 e. The number of anilines is 1. The largest absolute Gasteiger partial charge is 0.384 e. The van der Waals surface area contributed by atoms with E-state index in [1.165, 1.54) is 11.3 Å². The smallest absolute Gasteiger partial charge is 0.250 e. The van der Waals surface area contributed by atoms with E-state index in [1.807, 2.05) is 24.3 Å². The monoisotopic (exact) mass is 537 g/mol. The van der Waals surface area contributed by atoms with Crippen LogP contribution in [0.1, 0.15) is 18.7 Å². The number of thiophene rings is 1. The number of benzene rings is 1. The molecule has 0 fully saturated rings. The SMILES string of the molecule is COCCc1nc2c(N)nc3ccccc3c2n1CCCCNS(=O)(=O)c1ccc(Br)s1. The van der Waals surface area contributed by atoms with Gasteiger partial charge in [-0.1, -0.05) is 18.2 Å². The van der Waals surface area contributed by atoms with E-state index in [2.05, 4.69) is 30.2 Å². The van der Waals surface area contributed by atoms with E-state index in [4.69, 9.17) is 15.5 Å². The lowest BCUT2D eigenvalue weighted by molar-refractivity contribution is 0.199. The van der Waals surface area contributed by atoms with Gasteiger partial charge in [0.25, 0.3) is 0 Å². The second-order valence-electron chi connectivity index (χ2n) is 7.30. The average molecular weight is 538 g/mol. The Morgan fingerprint density at radius 3 is 2.75 bits per heavy atom. The van der Waals surface area contributed by atoms with E-state index in [0.717, 1.165) is 32.5 Å². The summed E-state index contributed by atoms with van der Waals surface area (Å²) in [7, 11) is -1.82. The molecule has 8 nitrogen and oxygen atoms in total. The fourth-order valence-electron chi connectivity index (χ4n) is 3.64. The second-order valence-corrected chi connectivity index (χ2v) is 11.8. The van der Waals surface area contributed by atoms with E-state index >= 15 is 0 Å². The Hall–Kier alpha value is -2.05. The van der Waals surface area contributed by atoms with Crippen LogP contribution >= 0.6 is 27.3 Å². The highest BCUT2D eigenvalue weighted by molar-refractivity contribution is 9.11. The molecule has 0 unspecified atom stereocenters. The van der Waals surface area contributed by atoms with E-state index in [0.29, 0.717) is 48.1 Å². The first-order valence-electron chi connectivity index (χ1n) is 10.2. The number of ether oxygens (including phenoxy) is 1. The molecular weight excluding hydrogens is 514 g/mol. The summed E-state index contributed by atoms with van der Waals surface area (Å²) in [6.45, 7) is 1.60. The van der Waals surface area contributed by atoms with Gasteiger partial charge in [-0.2, -0.15) is 0 Å². The van der Waals surface area contributed by atoms with Gasteiger partial charge in [0.15, 0.2) is 5.82 Å². The van der Waals surface area contributed by atoms with Crippen LogP contribution in [0.3, 0.4) is 0 Å². The zero-order valence-corrected chi connectivity index (χ0v) is 20.8. The number of pyridine rings is 1. The molecule has 3 N–H and O–H groups in total. The number of hydrogen-bond donors (Lipinski definition) is 2. The summed E-state index contributed by atoms with van der Waals surface area (Å²) < 4.78 is 36.0. The lowest BCUT2D eigenvalue weighted by Crippen LogP contribution is -2.24. The van der Waals surface area contributed by atoms with Crippen LogP contribution in [0.15, 0.2) is 44.4 Å². The van der Waals surface area contributed by atoms with Crippen LogP contribution in [0.5, 0.6) is 0 Å². The molecule has 0 amide bonds. The minimum absolute atomic E-state index is 0.307. The molecular formula is C21H24BrN5O3S2. The van der Waals surface area contributed by atoms with Crippen molar-refractivity contribution in [1.82, 2.24) is 19.3 Å². The predicted molar refractivity (Wildman–Crippen MR) is 131 cm³/mol. The molecule has 4 aromatic rings. The van der Waals surface area contributed by atoms with Gasteiger partial charge in [0, 0.05) is 32.0 Å². The molecule has 0 aliphatic heterocycles. The molecule has 0 aliphatic carbocycles. The average Bonchev–Trinajstić information content (AvgIpc) is 3.37. The molecule has 170 valence electrons. The summed E-state index contributed by atoms with van der Waals surface area (Å²) in [5.41, 5.74) is 8.70. The van der Waals surface area contributed by atoms with Gasteiger partial charge in [-0.15, -0.1) is 11.3 Å². The first-order valence-corrected chi connectivity index (χ1v) is 13.3. The van der Waals surface area contributed by atoms with Gasteiger partial charge in [-0.05, 0) is 47.0 Å². The second kappa shape index (κ2) is 9.84. The number of fused-ring (bicyclic) bond motifs is 3. The Balaban J connectivity index is 1.52. The quantitative estimate of drug-likeness (QED) is 0.296. The number of imidazole rings is 1. The van der Waals surface area contributed by atoms with Crippen LogP contribution in [-0.2, 0) is 27.7 Å². The van der Waals surface area contributed by atoms with Crippen LogP contribution in [-0.4, -0.2) is 43.2 Å². The highest BCUT2D eigenvalue weighted by Crippen LogP contribution is 2.29. The van der Waals surface area contributed by atoms with Crippen molar-refractivity contribution in [2.24, 2.45) is 0 Å². The van der Waals surface area contributed by atoms with Gasteiger partial charge < -0.3 is 15.0 Å². The minimum Gasteiger partial charge on any atom is -0.384 e. The standard InChI is InChI=1S/C21H24BrN5O3S2/c1-30-13-10-17-26-19-20(14-6-2-3-7-15(14)25-21(19)23)27(17)12-5-4-11-24-32(28,29)18-9-8-16(22)31-18/h2-3,6-9,24H,4-5,10-13H2,1H3,(H2,23,25). The fourth-order valence-corrected chi connectivity index (χ4v) is 6.77. The van der Waals surface area contributed by atoms with E-state index in [-0.39, 0.29) is 0 Å². The summed E-state index contributed by atoms with van der Waals surface area (Å²) in [6.07, 6.45) is 2.12. The number of aryl methyl sites for hydroxylation is 1. The topological polar surface area (TPSA) is 112 Å². The van der Waals surface area contributed by atoms with Crippen LogP contribution < -0.4 is 10.5 Å². The van der Waals surface area contributed by atoms with Crippen molar-refractivity contribution in [3.8, 4) is 0 Å². The molecule has 0 atom stereocenters. The van der Waals surface area contributed by atoms with Crippen LogP contribution in [0.2, 0.25) is 0 Å². The molecule has 4 rings (SSSR count). The molecule has 11 heteroatoms. The third-order valence-corrected chi connectivity index (χ3v) is 8.71. The van der Waals surface area contributed by atoms with E-state index in [9.17, 15) is 8.42 Å². The molecule has 32 heavy (non-hydrogen) atoms. The zero-order valence-electron chi connectivity index (χ0n) is 17.5. The molecule has 0 spiro atoms. The number of rotatable bonds is 10. The van der Waals surface area contributed by atoms with Crippen molar-refractivity contribution in [2.75, 3.05) is 26.0 Å². The first kappa shape index (κ1) is 23.1. The van der Waals surface area contributed by atoms with Crippen molar-refractivity contribution in [2.45, 2.75) is 30.0 Å². The normalized spacial score (nSPS) is 12.2. The Kier molecular flexibility index (Phi) is 7.11. The number of halogens is 1. The lowest BCUT2D eigenvalue weighted by Gasteiger charge is -2.11. The van der Waals surface area contributed by atoms with Gasteiger partial charge in [-0.3, -0.25) is 0 Å². The van der Waals surface area contributed by atoms with Crippen molar-refractivity contribution >= 4 is 65.0 Å². The Morgan fingerprint density at radius 1 is 1.19 bits per heavy atom. The molecule has 0 saturated heterocycles. The predicted octanol–water partition coefficient (Wildman–Crippen LogP) is 3.94. The number of nitrogens with one attached hydrogen (secondary N) is 1. The number of methoxy groups -OCH3 is 1. The highest BCUT2D eigenvalue weighted by atomic mass is 79.9. The minimum atomic E-state index is -3.48. The summed E-state index contributed by atoms with van der Waals surface area (Å²) in [6, 6.07) is 11.2. The zero-order chi connectivity index (χ0) is 22.7. The molecule has 1 aromatic carbocycles. The van der Waals surface area contributed by atoms with Crippen LogP contribution in [0, 0.1) is 0 Å². The molecule has 0 saturated carbocycles. The lowest BCUT2D eigenvalue weighted by atomic mass is 10.2. The number of nitrogens with zero attached hydrogens (tertiary/aromatic N) is 3. The van der Waals surface area contributed by atoms with Crippen LogP contribution in [0.4, 0.5) is 5.82 Å². The van der Waals surface area contributed by atoms with Crippen molar-refractivity contribution in [3.05, 3.63) is 46.0 Å². The Bertz CT molecular complexity index is 1350. The third kappa shape index (κ3) is 4.81. The maximum atomic E-state index is 12.4. The molecule has 0 bridgehead atoms. The number of unbranched alkanes of at least 4 members (excludes halogenated alkanes) is 1. The van der Waals surface area contributed by atoms with Crippen molar-refractivity contribution < 1.29 is 13.2 Å². The fraction of sp³-hybridized carbons (Fsp3) is 0.333. The van der Waals surface area contributed by atoms with E-state index < -0.39 is 10.0 Å². The number of nitrogen functional groups attached to an aromatic ring is 1. The highest BCUT2D eigenvalue weighted by Gasteiger charge is 2.18. The molecule has 0 radical (unpaired) electrons. The van der Waals surface area contributed by atoms with Crippen molar-refractivity contribution in [1.29, 1.82) is 0 Å². The number of sulfonamides is 1. The molecule has 0 aliphatic rings. The summed E-state index contributed by atoms with van der Waals surface area (Å²) in [5, 5.41) is 0.997. The maximum absolute atomic E-state index is 12.4. The molecule has 3 aromatic heterocycles.